The zero-order valence-corrected chi connectivity index (χ0v) is 15.6. The van der Waals surface area contributed by atoms with Gasteiger partial charge in [-0.15, -0.1) is 0 Å². The fourth-order valence-electron chi connectivity index (χ4n) is 3.00. The molecule has 140 valence electrons. The fraction of sp³-hybridized carbons (Fsp3) is 0.444. The number of anilines is 1. The van der Waals surface area contributed by atoms with Crippen LogP contribution in [-0.4, -0.2) is 46.6 Å². The van der Waals surface area contributed by atoms with Crippen LogP contribution >= 0.6 is 11.6 Å². The van der Waals surface area contributed by atoms with Crippen LogP contribution in [0.3, 0.4) is 0 Å². The third kappa shape index (κ3) is 3.37. The summed E-state index contributed by atoms with van der Waals surface area (Å²) in [6, 6.07) is 3.59. The number of hydrogen-bond donors (Lipinski definition) is 0. The van der Waals surface area contributed by atoms with E-state index in [1.54, 1.807) is 11.0 Å². The van der Waals surface area contributed by atoms with E-state index >= 15 is 0 Å². The van der Waals surface area contributed by atoms with Gasteiger partial charge in [-0.1, -0.05) is 11.6 Å². The molecule has 3 rings (SSSR count). The van der Waals surface area contributed by atoms with Crippen LogP contribution < -0.4 is 9.64 Å². The Bertz CT molecular complexity index is 771. The van der Waals surface area contributed by atoms with E-state index in [1.807, 2.05) is 6.07 Å². The van der Waals surface area contributed by atoms with Gasteiger partial charge in [0.05, 0.1) is 44.2 Å². The molecule has 1 fully saturated rings. The van der Waals surface area contributed by atoms with Crippen LogP contribution in [-0.2, 0) is 23.8 Å². The Morgan fingerprint density at radius 1 is 1.15 bits per heavy atom. The lowest BCUT2D eigenvalue weighted by Gasteiger charge is -2.33. The summed E-state index contributed by atoms with van der Waals surface area (Å²) in [5.41, 5.74) is 1.90. The molecule has 0 aromatic heterocycles. The van der Waals surface area contributed by atoms with E-state index in [2.05, 4.69) is 0 Å². The Kier molecular flexibility index (Phi) is 5.38. The standard InChI is InChI=1S/C18H20ClNO6/c1-23-15-7-14(11(6-13(15)19)10-4-5-10)20-9-26-8-12(17(21)24-2)16(20)18(22)25-3/h6-7,10H,4-5,8-9H2,1-3H3. The Labute approximate surface area is 156 Å². The number of carbonyl (C=O) groups is 2. The summed E-state index contributed by atoms with van der Waals surface area (Å²) in [5, 5.41) is 0.493. The van der Waals surface area contributed by atoms with Gasteiger partial charge in [0.1, 0.15) is 18.2 Å². The van der Waals surface area contributed by atoms with Gasteiger partial charge in [0.15, 0.2) is 0 Å². The molecule has 0 radical (unpaired) electrons. The molecule has 0 atom stereocenters. The second kappa shape index (κ2) is 7.55. The van der Waals surface area contributed by atoms with E-state index in [0.29, 0.717) is 22.4 Å². The maximum absolute atomic E-state index is 12.5. The maximum Gasteiger partial charge on any atom is 0.355 e. The predicted molar refractivity (Wildman–Crippen MR) is 94.3 cm³/mol. The van der Waals surface area contributed by atoms with Crippen molar-refractivity contribution in [1.82, 2.24) is 0 Å². The third-order valence-corrected chi connectivity index (χ3v) is 4.74. The average molecular weight is 382 g/mol. The summed E-state index contributed by atoms with van der Waals surface area (Å²) in [6.45, 7) is 0.0620. The first-order chi connectivity index (χ1) is 12.5. The molecule has 0 N–H and O–H groups in total. The number of methoxy groups -OCH3 is 3. The minimum absolute atomic E-state index is 0.0307. The first kappa shape index (κ1) is 18.5. The molecule has 8 heteroatoms. The number of rotatable bonds is 5. The van der Waals surface area contributed by atoms with Crippen LogP contribution in [0.4, 0.5) is 5.69 Å². The summed E-state index contributed by atoms with van der Waals surface area (Å²) in [5.74, 6) is -0.454. The van der Waals surface area contributed by atoms with Gasteiger partial charge in [0.25, 0.3) is 0 Å². The number of ether oxygens (including phenoxy) is 4. The van der Waals surface area contributed by atoms with E-state index in [1.165, 1.54) is 21.3 Å². The van der Waals surface area contributed by atoms with Gasteiger partial charge >= 0.3 is 11.9 Å². The highest BCUT2D eigenvalue weighted by Gasteiger charge is 2.36. The van der Waals surface area contributed by atoms with Crippen molar-refractivity contribution in [3.63, 3.8) is 0 Å². The minimum atomic E-state index is -0.635. The zero-order valence-electron chi connectivity index (χ0n) is 14.8. The van der Waals surface area contributed by atoms with Crippen molar-refractivity contribution < 1.29 is 28.5 Å². The maximum atomic E-state index is 12.5. The number of esters is 2. The molecule has 1 aromatic rings. The van der Waals surface area contributed by atoms with Crippen molar-refractivity contribution in [1.29, 1.82) is 0 Å². The van der Waals surface area contributed by atoms with Crippen molar-refractivity contribution in [2.75, 3.05) is 39.6 Å². The highest BCUT2D eigenvalue weighted by Crippen LogP contribution is 2.48. The molecular weight excluding hydrogens is 362 g/mol. The van der Waals surface area contributed by atoms with Crippen molar-refractivity contribution in [3.05, 3.63) is 34.0 Å². The Morgan fingerprint density at radius 2 is 1.85 bits per heavy atom. The first-order valence-corrected chi connectivity index (χ1v) is 8.52. The third-order valence-electron chi connectivity index (χ3n) is 4.44. The molecule has 2 aliphatic rings. The predicted octanol–water partition coefficient (Wildman–Crippen LogP) is 2.62. The van der Waals surface area contributed by atoms with E-state index in [0.717, 1.165) is 18.4 Å². The number of hydrogen-bond acceptors (Lipinski definition) is 7. The average Bonchev–Trinajstić information content (AvgIpc) is 3.51. The van der Waals surface area contributed by atoms with Gasteiger partial charge in [-0.25, -0.2) is 9.59 Å². The monoisotopic (exact) mass is 381 g/mol. The molecule has 0 bridgehead atoms. The second-order valence-electron chi connectivity index (χ2n) is 6.04. The van der Waals surface area contributed by atoms with E-state index in [4.69, 9.17) is 30.5 Å². The number of benzene rings is 1. The molecular formula is C18H20ClNO6. The fourth-order valence-corrected chi connectivity index (χ4v) is 3.25. The molecule has 1 aromatic carbocycles. The Balaban J connectivity index is 2.17. The lowest BCUT2D eigenvalue weighted by molar-refractivity contribution is -0.140. The van der Waals surface area contributed by atoms with Crippen LogP contribution in [0.2, 0.25) is 5.02 Å². The molecule has 0 amide bonds. The quantitative estimate of drug-likeness (QED) is 0.726. The van der Waals surface area contributed by atoms with E-state index in [9.17, 15) is 9.59 Å². The van der Waals surface area contributed by atoms with Gasteiger partial charge in [-0.05, 0) is 30.4 Å². The van der Waals surface area contributed by atoms with Crippen LogP contribution in [0.15, 0.2) is 23.4 Å². The van der Waals surface area contributed by atoms with Gasteiger partial charge in [0.2, 0.25) is 0 Å². The number of carbonyl (C=O) groups excluding carboxylic acids is 2. The summed E-state index contributed by atoms with van der Waals surface area (Å²) < 4.78 is 20.6. The van der Waals surface area contributed by atoms with Crippen molar-refractivity contribution in [2.45, 2.75) is 18.8 Å². The van der Waals surface area contributed by atoms with Crippen LogP contribution in [0.1, 0.15) is 24.3 Å². The lowest BCUT2D eigenvalue weighted by atomic mass is 10.0. The molecule has 1 saturated carbocycles. The Morgan fingerprint density at radius 3 is 2.42 bits per heavy atom. The van der Waals surface area contributed by atoms with Gasteiger partial charge < -0.3 is 23.8 Å². The molecule has 26 heavy (non-hydrogen) atoms. The van der Waals surface area contributed by atoms with Crippen LogP contribution in [0.25, 0.3) is 0 Å². The molecule has 0 saturated heterocycles. The Hall–Kier alpha value is -2.25. The molecule has 7 nitrogen and oxygen atoms in total. The normalized spacial score (nSPS) is 17.2. The van der Waals surface area contributed by atoms with Gasteiger partial charge in [-0.2, -0.15) is 0 Å². The first-order valence-electron chi connectivity index (χ1n) is 8.14. The van der Waals surface area contributed by atoms with Crippen LogP contribution in [0, 0.1) is 0 Å². The largest absolute Gasteiger partial charge is 0.495 e. The van der Waals surface area contributed by atoms with Crippen LogP contribution in [0.5, 0.6) is 5.75 Å². The highest BCUT2D eigenvalue weighted by molar-refractivity contribution is 6.32. The zero-order chi connectivity index (χ0) is 18.8. The highest BCUT2D eigenvalue weighted by atomic mass is 35.5. The molecule has 0 spiro atoms. The van der Waals surface area contributed by atoms with Crippen molar-refractivity contribution >= 4 is 29.2 Å². The second-order valence-corrected chi connectivity index (χ2v) is 6.44. The lowest BCUT2D eigenvalue weighted by Crippen LogP contribution is -2.39. The smallest absolute Gasteiger partial charge is 0.355 e. The number of nitrogens with zero attached hydrogens (tertiary/aromatic N) is 1. The van der Waals surface area contributed by atoms with E-state index in [-0.39, 0.29) is 24.6 Å². The topological polar surface area (TPSA) is 74.3 Å². The summed E-state index contributed by atoms with van der Waals surface area (Å²) >= 11 is 6.29. The van der Waals surface area contributed by atoms with Gasteiger partial charge in [0, 0.05) is 6.07 Å². The minimum Gasteiger partial charge on any atom is -0.495 e. The van der Waals surface area contributed by atoms with Gasteiger partial charge in [-0.3, -0.25) is 0 Å². The summed E-state index contributed by atoms with van der Waals surface area (Å²) in [6.07, 6.45) is 2.07. The van der Waals surface area contributed by atoms with Crippen molar-refractivity contribution in [3.8, 4) is 5.75 Å². The molecule has 0 unspecified atom stereocenters. The SMILES string of the molecule is COC(=O)C1=C(C(=O)OC)N(c2cc(OC)c(Cl)cc2C2CC2)COC1. The van der Waals surface area contributed by atoms with E-state index < -0.39 is 11.9 Å². The summed E-state index contributed by atoms with van der Waals surface area (Å²) in [7, 11) is 4.04. The van der Waals surface area contributed by atoms with Crippen molar-refractivity contribution in [2.24, 2.45) is 0 Å². The summed E-state index contributed by atoms with van der Waals surface area (Å²) in [4.78, 5) is 26.2. The number of halogens is 1. The molecule has 1 aliphatic carbocycles. The molecule has 1 heterocycles. The molecule has 1 aliphatic heterocycles.